The summed E-state index contributed by atoms with van der Waals surface area (Å²) in [5, 5.41) is 2.80. The number of nitrogens with zero attached hydrogens (tertiary/aromatic N) is 2. The molecule has 1 fully saturated rings. The number of hydrogen-bond donors (Lipinski definition) is 1. The summed E-state index contributed by atoms with van der Waals surface area (Å²) in [6.07, 6.45) is 7.67. The van der Waals surface area contributed by atoms with Gasteiger partial charge in [-0.3, -0.25) is 14.6 Å². The van der Waals surface area contributed by atoms with Crippen molar-refractivity contribution in [3.63, 3.8) is 0 Å². The van der Waals surface area contributed by atoms with Gasteiger partial charge in [0.05, 0.1) is 22.0 Å². The molecule has 1 heterocycles. The van der Waals surface area contributed by atoms with Crippen molar-refractivity contribution < 1.29 is 18.0 Å². The van der Waals surface area contributed by atoms with Crippen LogP contribution in [-0.4, -0.2) is 36.3 Å². The molecule has 1 aliphatic carbocycles. The highest BCUT2D eigenvalue weighted by Gasteiger charge is 2.30. The fraction of sp³-hybridized carbons (Fsp3) is 0.368. The molecule has 1 saturated carbocycles. The molecule has 9 heteroatoms. The summed E-state index contributed by atoms with van der Waals surface area (Å²) < 4.78 is 23.6. The molecule has 1 aromatic carbocycles. The van der Waals surface area contributed by atoms with Crippen molar-refractivity contribution in [3.05, 3.63) is 47.4 Å². The summed E-state index contributed by atoms with van der Waals surface area (Å²) in [6.45, 7) is 0. The van der Waals surface area contributed by atoms with Crippen LogP contribution in [0.4, 0.5) is 5.82 Å². The second kappa shape index (κ2) is 8.36. The SMILES string of the molecule is CS(=O)(=O)c1ccc([C@H](C[C@@H]2CCC(=O)C2)C(=O)Nc2cnccn2)cc1Cl. The fourth-order valence-electron chi connectivity index (χ4n) is 3.43. The van der Waals surface area contributed by atoms with Gasteiger partial charge in [-0.1, -0.05) is 17.7 Å². The van der Waals surface area contributed by atoms with Gasteiger partial charge in [-0.2, -0.15) is 0 Å². The molecule has 28 heavy (non-hydrogen) atoms. The summed E-state index contributed by atoms with van der Waals surface area (Å²) in [4.78, 5) is 32.6. The molecule has 0 unspecified atom stereocenters. The Bertz CT molecular complexity index is 995. The summed E-state index contributed by atoms with van der Waals surface area (Å²) in [5.74, 6) is -0.284. The van der Waals surface area contributed by atoms with E-state index in [-0.39, 0.29) is 27.5 Å². The van der Waals surface area contributed by atoms with Gasteiger partial charge in [-0.05, 0) is 36.5 Å². The first kappa shape index (κ1) is 20.4. The number of benzene rings is 1. The molecule has 3 rings (SSSR count). The van der Waals surface area contributed by atoms with Crippen LogP contribution >= 0.6 is 11.6 Å². The summed E-state index contributed by atoms with van der Waals surface area (Å²) >= 11 is 6.18. The molecule has 1 aliphatic rings. The van der Waals surface area contributed by atoms with E-state index in [9.17, 15) is 18.0 Å². The van der Waals surface area contributed by atoms with E-state index in [1.807, 2.05) is 0 Å². The maximum atomic E-state index is 13.0. The van der Waals surface area contributed by atoms with E-state index in [2.05, 4.69) is 15.3 Å². The maximum absolute atomic E-state index is 13.0. The lowest BCUT2D eigenvalue weighted by Gasteiger charge is -2.20. The standard InChI is InChI=1S/C19H20ClN3O4S/c1-28(26,27)17-5-3-13(10-16(17)20)15(9-12-2-4-14(24)8-12)19(25)23-18-11-21-6-7-22-18/h3,5-7,10-12,15H,2,4,8-9H2,1H3,(H,22,23,25)/t12-,15+/m1/s1. The van der Waals surface area contributed by atoms with Crippen LogP contribution in [0.15, 0.2) is 41.7 Å². The molecule has 7 nitrogen and oxygen atoms in total. The molecule has 0 bridgehead atoms. The van der Waals surface area contributed by atoms with Crippen LogP contribution in [0.25, 0.3) is 0 Å². The normalized spacial score (nSPS) is 18.1. The molecule has 2 atom stereocenters. The third kappa shape index (κ3) is 4.94. The number of halogens is 1. The molecule has 1 N–H and O–H groups in total. The molecule has 1 amide bonds. The van der Waals surface area contributed by atoms with Crippen molar-refractivity contribution in [3.8, 4) is 0 Å². The van der Waals surface area contributed by atoms with Gasteiger partial charge in [0.25, 0.3) is 0 Å². The molecule has 0 saturated heterocycles. The zero-order valence-electron chi connectivity index (χ0n) is 15.3. The van der Waals surface area contributed by atoms with Gasteiger partial charge in [-0.25, -0.2) is 13.4 Å². The number of Topliss-reactive ketones (excluding diaryl/α,β-unsaturated/α-hetero) is 1. The molecular weight excluding hydrogens is 402 g/mol. The van der Waals surface area contributed by atoms with Crippen LogP contribution in [0.2, 0.25) is 5.02 Å². The Morgan fingerprint density at radius 3 is 2.71 bits per heavy atom. The number of carbonyl (C=O) groups is 2. The maximum Gasteiger partial charge on any atom is 0.233 e. The van der Waals surface area contributed by atoms with E-state index < -0.39 is 15.8 Å². The van der Waals surface area contributed by atoms with Crippen LogP contribution < -0.4 is 5.32 Å². The highest BCUT2D eigenvalue weighted by molar-refractivity contribution is 7.90. The second-order valence-corrected chi connectivity index (χ2v) is 9.37. The van der Waals surface area contributed by atoms with Gasteiger partial charge >= 0.3 is 0 Å². The van der Waals surface area contributed by atoms with E-state index in [0.29, 0.717) is 30.6 Å². The van der Waals surface area contributed by atoms with Crippen molar-refractivity contribution in [2.45, 2.75) is 36.5 Å². The summed E-state index contributed by atoms with van der Waals surface area (Å²) in [5.41, 5.74) is 0.595. The third-order valence-corrected chi connectivity index (χ3v) is 6.39. The minimum Gasteiger partial charge on any atom is -0.309 e. The van der Waals surface area contributed by atoms with E-state index in [4.69, 9.17) is 11.6 Å². The van der Waals surface area contributed by atoms with Crippen molar-refractivity contribution >= 4 is 38.9 Å². The monoisotopic (exact) mass is 421 g/mol. The van der Waals surface area contributed by atoms with Gasteiger partial charge in [0.2, 0.25) is 5.91 Å². The number of hydrogen-bond acceptors (Lipinski definition) is 6. The highest BCUT2D eigenvalue weighted by atomic mass is 35.5. The first-order valence-electron chi connectivity index (χ1n) is 8.82. The van der Waals surface area contributed by atoms with Gasteiger partial charge in [0, 0.05) is 31.5 Å². The number of amides is 1. The van der Waals surface area contributed by atoms with Crippen molar-refractivity contribution in [1.82, 2.24) is 9.97 Å². The van der Waals surface area contributed by atoms with Crippen molar-refractivity contribution in [2.75, 3.05) is 11.6 Å². The number of aromatic nitrogens is 2. The third-order valence-electron chi connectivity index (χ3n) is 4.81. The van der Waals surface area contributed by atoms with Crippen molar-refractivity contribution in [2.24, 2.45) is 5.92 Å². The number of anilines is 1. The largest absolute Gasteiger partial charge is 0.309 e. The number of sulfone groups is 1. The first-order valence-corrected chi connectivity index (χ1v) is 11.1. The predicted octanol–water partition coefficient (Wildman–Crippen LogP) is 3.02. The van der Waals surface area contributed by atoms with Gasteiger partial charge in [0.15, 0.2) is 15.7 Å². The molecule has 2 aromatic rings. The molecular formula is C19H20ClN3O4S. The van der Waals surface area contributed by atoms with E-state index in [0.717, 1.165) is 12.7 Å². The van der Waals surface area contributed by atoms with Crippen LogP contribution in [0.1, 0.15) is 37.2 Å². The van der Waals surface area contributed by atoms with E-state index in [1.165, 1.54) is 30.7 Å². The quantitative estimate of drug-likeness (QED) is 0.768. The van der Waals surface area contributed by atoms with Crippen LogP contribution in [0.3, 0.4) is 0 Å². The van der Waals surface area contributed by atoms with E-state index >= 15 is 0 Å². The number of rotatable bonds is 6. The Kier molecular flexibility index (Phi) is 6.10. The number of ketones is 1. The topological polar surface area (TPSA) is 106 Å². The minimum atomic E-state index is -3.47. The van der Waals surface area contributed by atoms with Gasteiger partial charge in [-0.15, -0.1) is 0 Å². The summed E-state index contributed by atoms with van der Waals surface area (Å²) in [6, 6.07) is 4.52. The predicted molar refractivity (Wildman–Crippen MR) is 105 cm³/mol. The number of nitrogens with one attached hydrogen (secondary N) is 1. The molecule has 148 valence electrons. The molecule has 0 aliphatic heterocycles. The smallest absolute Gasteiger partial charge is 0.233 e. The lowest BCUT2D eigenvalue weighted by Crippen LogP contribution is -2.24. The van der Waals surface area contributed by atoms with Crippen LogP contribution in [0.5, 0.6) is 0 Å². The number of carbonyl (C=O) groups excluding carboxylic acids is 2. The Morgan fingerprint density at radius 1 is 1.36 bits per heavy atom. The molecule has 1 aromatic heterocycles. The Balaban J connectivity index is 1.90. The Morgan fingerprint density at radius 2 is 2.14 bits per heavy atom. The summed E-state index contributed by atoms with van der Waals surface area (Å²) in [7, 11) is -3.47. The van der Waals surface area contributed by atoms with Gasteiger partial charge in [0.1, 0.15) is 5.78 Å². The lowest BCUT2D eigenvalue weighted by atomic mass is 9.87. The molecule has 0 spiro atoms. The average molecular weight is 422 g/mol. The van der Waals surface area contributed by atoms with E-state index in [1.54, 1.807) is 6.07 Å². The fourth-order valence-corrected chi connectivity index (χ4v) is 4.77. The zero-order chi connectivity index (χ0) is 20.3. The Hall–Kier alpha value is -2.32. The van der Waals surface area contributed by atoms with Crippen LogP contribution in [-0.2, 0) is 19.4 Å². The highest BCUT2D eigenvalue weighted by Crippen LogP contribution is 2.35. The van der Waals surface area contributed by atoms with Crippen molar-refractivity contribution in [1.29, 1.82) is 0 Å². The van der Waals surface area contributed by atoms with Gasteiger partial charge < -0.3 is 5.32 Å². The second-order valence-electron chi connectivity index (χ2n) is 6.98. The Labute approximate surface area is 168 Å². The molecule has 0 radical (unpaired) electrons. The first-order chi connectivity index (χ1) is 13.2. The lowest BCUT2D eigenvalue weighted by molar-refractivity contribution is -0.119. The van der Waals surface area contributed by atoms with Crippen LogP contribution in [0, 0.1) is 5.92 Å². The average Bonchev–Trinajstić information content (AvgIpc) is 3.04. The zero-order valence-corrected chi connectivity index (χ0v) is 16.8. The minimum absolute atomic E-state index is 0.0158.